The SMILES string of the molecule is CC(O)CCN1CCCC1C#N. The van der Waals surface area contributed by atoms with E-state index in [9.17, 15) is 0 Å². The molecule has 12 heavy (non-hydrogen) atoms. The van der Waals surface area contributed by atoms with E-state index in [-0.39, 0.29) is 12.1 Å². The minimum Gasteiger partial charge on any atom is -0.393 e. The number of aliphatic hydroxyl groups excluding tert-OH is 1. The molecule has 2 atom stereocenters. The molecule has 0 bridgehead atoms. The average Bonchev–Trinajstić information content (AvgIpc) is 2.47. The van der Waals surface area contributed by atoms with E-state index >= 15 is 0 Å². The van der Waals surface area contributed by atoms with Crippen molar-refractivity contribution >= 4 is 0 Å². The van der Waals surface area contributed by atoms with Gasteiger partial charge in [-0.25, -0.2) is 0 Å². The van der Waals surface area contributed by atoms with Gasteiger partial charge in [-0.3, -0.25) is 4.90 Å². The van der Waals surface area contributed by atoms with Crippen molar-refractivity contribution in [2.24, 2.45) is 0 Å². The summed E-state index contributed by atoms with van der Waals surface area (Å²) in [6.45, 7) is 3.66. The van der Waals surface area contributed by atoms with E-state index in [1.54, 1.807) is 6.92 Å². The normalized spacial score (nSPS) is 26.9. The van der Waals surface area contributed by atoms with Gasteiger partial charge in [0.05, 0.1) is 18.2 Å². The van der Waals surface area contributed by atoms with Gasteiger partial charge in [0.25, 0.3) is 0 Å². The molecule has 0 saturated carbocycles. The van der Waals surface area contributed by atoms with Crippen LogP contribution in [0.2, 0.25) is 0 Å². The molecule has 0 aliphatic carbocycles. The van der Waals surface area contributed by atoms with Crippen molar-refractivity contribution < 1.29 is 5.11 Å². The van der Waals surface area contributed by atoms with Crippen LogP contribution in [0.3, 0.4) is 0 Å². The maximum Gasteiger partial charge on any atom is 0.0978 e. The number of hydrogen-bond acceptors (Lipinski definition) is 3. The van der Waals surface area contributed by atoms with E-state index in [2.05, 4.69) is 11.0 Å². The highest BCUT2D eigenvalue weighted by atomic mass is 16.3. The molecule has 1 fully saturated rings. The molecule has 0 aromatic rings. The smallest absolute Gasteiger partial charge is 0.0978 e. The quantitative estimate of drug-likeness (QED) is 0.676. The van der Waals surface area contributed by atoms with Crippen molar-refractivity contribution in [3.05, 3.63) is 0 Å². The second-order valence-corrected chi connectivity index (χ2v) is 3.46. The van der Waals surface area contributed by atoms with E-state index in [4.69, 9.17) is 10.4 Å². The van der Waals surface area contributed by atoms with Crippen LogP contribution in [0.4, 0.5) is 0 Å². The molecular formula is C9H16N2O. The summed E-state index contributed by atoms with van der Waals surface area (Å²) in [7, 11) is 0. The van der Waals surface area contributed by atoms with Crippen LogP contribution in [0.15, 0.2) is 0 Å². The number of nitriles is 1. The molecule has 1 saturated heterocycles. The first-order valence-corrected chi connectivity index (χ1v) is 4.55. The van der Waals surface area contributed by atoms with Gasteiger partial charge in [-0.15, -0.1) is 0 Å². The van der Waals surface area contributed by atoms with Crippen LogP contribution in [0, 0.1) is 11.3 Å². The molecule has 2 unspecified atom stereocenters. The van der Waals surface area contributed by atoms with Gasteiger partial charge in [-0.1, -0.05) is 0 Å². The minimum atomic E-state index is -0.245. The summed E-state index contributed by atoms with van der Waals surface area (Å²) in [5.74, 6) is 0. The van der Waals surface area contributed by atoms with Crippen molar-refractivity contribution in [2.45, 2.75) is 38.3 Å². The summed E-state index contributed by atoms with van der Waals surface area (Å²) in [6, 6.07) is 2.38. The Balaban J connectivity index is 2.27. The van der Waals surface area contributed by atoms with Crippen molar-refractivity contribution in [3.63, 3.8) is 0 Å². The third-order valence-corrected chi connectivity index (χ3v) is 2.35. The lowest BCUT2D eigenvalue weighted by molar-refractivity contribution is 0.158. The van der Waals surface area contributed by atoms with Crippen LogP contribution < -0.4 is 0 Å². The molecule has 0 radical (unpaired) electrons. The fourth-order valence-corrected chi connectivity index (χ4v) is 1.59. The Kier molecular flexibility index (Phi) is 3.51. The molecule has 68 valence electrons. The van der Waals surface area contributed by atoms with Crippen molar-refractivity contribution in [1.82, 2.24) is 4.90 Å². The van der Waals surface area contributed by atoms with Crippen LogP contribution >= 0.6 is 0 Å². The third kappa shape index (κ3) is 2.47. The number of rotatable bonds is 3. The van der Waals surface area contributed by atoms with Crippen LogP contribution in [-0.4, -0.2) is 35.2 Å². The lowest BCUT2D eigenvalue weighted by atomic mass is 10.2. The first kappa shape index (κ1) is 9.50. The second-order valence-electron chi connectivity index (χ2n) is 3.46. The van der Waals surface area contributed by atoms with Gasteiger partial charge < -0.3 is 5.11 Å². The Hall–Kier alpha value is -0.590. The van der Waals surface area contributed by atoms with E-state index in [1.165, 1.54) is 0 Å². The third-order valence-electron chi connectivity index (χ3n) is 2.35. The Morgan fingerprint density at radius 1 is 1.75 bits per heavy atom. The van der Waals surface area contributed by atoms with Crippen molar-refractivity contribution in [3.8, 4) is 6.07 Å². The van der Waals surface area contributed by atoms with Gasteiger partial charge in [0.1, 0.15) is 0 Å². The van der Waals surface area contributed by atoms with Gasteiger partial charge in [0.15, 0.2) is 0 Å². The summed E-state index contributed by atoms with van der Waals surface area (Å²) >= 11 is 0. The largest absolute Gasteiger partial charge is 0.393 e. The predicted molar refractivity (Wildman–Crippen MR) is 46.5 cm³/mol. The molecule has 1 aliphatic heterocycles. The average molecular weight is 168 g/mol. The molecule has 1 aliphatic rings. The first-order valence-electron chi connectivity index (χ1n) is 4.55. The molecule has 3 heteroatoms. The van der Waals surface area contributed by atoms with E-state index in [1.807, 2.05) is 0 Å². The van der Waals surface area contributed by atoms with Crippen molar-refractivity contribution in [1.29, 1.82) is 5.26 Å². The Labute approximate surface area is 73.6 Å². The van der Waals surface area contributed by atoms with E-state index in [0.29, 0.717) is 0 Å². The fraction of sp³-hybridized carbons (Fsp3) is 0.889. The van der Waals surface area contributed by atoms with Crippen LogP contribution in [-0.2, 0) is 0 Å². The highest BCUT2D eigenvalue weighted by Gasteiger charge is 2.23. The Morgan fingerprint density at radius 2 is 2.50 bits per heavy atom. The zero-order chi connectivity index (χ0) is 8.97. The van der Waals surface area contributed by atoms with Gasteiger partial charge in [0, 0.05) is 6.54 Å². The summed E-state index contributed by atoms with van der Waals surface area (Å²) in [5.41, 5.74) is 0. The van der Waals surface area contributed by atoms with Gasteiger partial charge in [-0.05, 0) is 32.7 Å². The number of hydrogen-bond donors (Lipinski definition) is 1. The molecular weight excluding hydrogens is 152 g/mol. The topological polar surface area (TPSA) is 47.3 Å². The standard InChI is InChI=1S/C9H16N2O/c1-8(12)4-6-11-5-2-3-9(11)7-10/h8-9,12H,2-6H2,1H3. The zero-order valence-electron chi connectivity index (χ0n) is 7.53. The van der Waals surface area contributed by atoms with E-state index < -0.39 is 0 Å². The molecule has 0 aromatic heterocycles. The Morgan fingerprint density at radius 3 is 3.08 bits per heavy atom. The van der Waals surface area contributed by atoms with E-state index in [0.717, 1.165) is 32.4 Å². The maximum absolute atomic E-state index is 9.06. The highest BCUT2D eigenvalue weighted by Crippen LogP contribution is 2.16. The molecule has 1 N–H and O–H groups in total. The zero-order valence-corrected chi connectivity index (χ0v) is 7.53. The van der Waals surface area contributed by atoms with Gasteiger partial charge >= 0.3 is 0 Å². The minimum absolute atomic E-state index is 0.101. The summed E-state index contributed by atoms with van der Waals surface area (Å²) in [4.78, 5) is 2.16. The molecule has 1 heterocycles. The summed E-state index contributed by atoms with van der Waals surface area (Å²) in [5, 5.41) is 17.8. The maximum atomic E-state index is 9.06. The van der Waals surface area contributed by atoms with Gasteiger partial charge in [0.2, 0.25) is 0 Å². The monoisotopic (exact) mass is 168 g/mol. The van der Waals surface area contributed by atoms with Crippen LogP contribution in [0.25, 0.3) is 0 Å². The lowest BCUT2D eigenvalue weighted by Gasteiger charge is -2.19. The lowest BCUT2D eigenvalue weighted by Crippen LogP contribution is -2.30. The van der Waals surface area contributed by atoms with Crippen LogP contribution in [0.5, 0.6) is 0 Å². The molecule has 0 amide bonds. The fourth-order valence-electron chi connectivity index (χ4n) is 1.59. The number of nitrogens with zero attached hydrogens (tertiary/aromatic N) is 2. The predicted octanol–water partition coefficient (Wildman–Crippen LogP) is 0.745. The summed E-state index contributed by atoms with van der Waals surface area (Å²) in [6.07, 6.45) is 2.65. The highest BCUT2D eigenvalue weighted by molar-refractivity contribution is 4.95. The Bertz CT molecular complexity index is 174. The van der Waals surface area contributed by atoms with Crippen molar-refractivity contribution in [2.75, 3.05) is 13.1 Å². The number of aliphatic hydroxyl groups is 1. The molecule has 0 spiro atoms. The molecule has 1 rings (SSSR count). The van der Waals surface area contributed by atoms with Crippen LogP contribution in [0.1, 0.15) is 26.2 Å². The first-order chi connectivity index (χ1) is 5.74. The number of likely N-dealkylation sites (tertiary alicyclic amines) is 1. The molecule has 3 nitrogen and oxygen atoms in total. The molecule has 0 aromatic carbocycles. The van der Waals surface area contributed by atoms with Gasteiger partial charge in [-0.2, -0.15) is 5.26 Å². The summed E-state index contributed by atoms with van der Waals surface area (Å²) < 4.78 is 0. The second kappa shape index (κ2) is 4.44.